The Balaban J connectivity index is 1.60. The van der Waals surface area contributed by atoms with Crippen LogP contribution in [0.25, 0.3) is 0 Å². The van der Waals surface area contributed by atoms with E-state index in [4.69, 9.17) is 9.57 Å². The average Bonchev–Trinajstić information content (AvgIpc) is 3.30. The monoisotopic (exact) mass is 478 g/mol. The highest BCUT2D eigenvalue weighted by Crippen LogP contribution is 2.48. The summed E-state index contributed by atoms with van der Waals surface area (Å²) in [4.78, 5) is 34.3. The Morgan fingerprint density at radius 1 is 0.871 bits per heavy atom. The van der Waals surface area contributed by atoms with Crippen molar-refractivity contribution in [2.75, 3.05) is 17.1 Å². The minimum atomic E-state index is -0.900. The molecule has 3 aromatic carbocycles. The number of hydrogen-bond donors (Lipinski definition) is 0. The highest BCUT2D eigenvalue weighted by atomic mass is 79.9. The zero-order valence-corrected chi connectivity index (χ0v) is 18.2. The molecule has 0 N–H and O–H groups in total. The minimum Gasteiger partial charge on any atom is -0.497 e. The van der Waals surface area contributed by atoms with E-state index >= 15 is 0 Å². The first kappa shape index (κ1) is 19.8. The molecule has 5 rings (SSSR count). The maximum absolute atomic E-state index is 13.6. The highest BCUT2D eigenvalue weighted by Gasteiger charge is 2.60. The van der Waals surface area contributed by atoms with Crippen LogP contribution in [0.3, 0.4) is 0 Å². The molecule has 0 aromatic heterocycles. The van der Waals surface area contributed by atoms with Crippen molar-refractivity contribution in [3.63, 3.8) is 0 Å². The Morgan fingerprint density at radius 2 is 1.61 bits per heavy atom. The van der Waals surface area contributed by atoms with Gasteiger partial charge in [0.25, 0.3) is 5.91 Å². The molecular formula is C24H19BrN2O4. The fraction of sp³-hybridized carbons (Fsp3) is 0.167. The van der Waals surface area contributed by atoms with Crippen molar-refractivity contribution < 1.29 is 19.2 Å². The third-order valence-corrected chi connectivity index (χ3v) is 6.12. The second-order valence-corrected chi connectivity index (χ2v) is 8.34. The van der Waals surface area contributed by atoms with Crippen molar-refractivity contribution in [1.29, 1.82) is 0 Å². The normalized spacial score (nSPS) is 22.7. The zero-order chi connectivity index (χ0) is 21.5. The minimum absolute atomic E-state index is 0.278. The number of ether oxygens (including phenoxy) is 1. The van der Waals surface area contributed by atoms with Gasteiger partial charge in [0.15, 0.2) is 6.10 Å². The molecule has 0 spiro atoms. The molecule has 2 aliphatic heterocycles. The Labute approximate surface area is 188 Å². The number of carbonyl (C=O) groups excluding carboxylic acids is 2. The van der Waals surface area contributed by atoms with Crippen LogP contribution in [0, 0.1) is 5.92 Å². The Kier molecular flexibility index (Phi) is 5.00. The fourth-order valence-corrected chi connectivity index (χ4v) is 4.63. The molecular weight excluding hydrogens is 460 g/mol. The first-order valence-corrected chi connectivity index (χ1v) is 10.7. The average molecular weight is 479 g/mol. The van der Waals surface area contributed by atoms with Gasteiger partial charge >= 0.3 is 0 Å². The Hall–Kier alpha value is -3.16. The predicted molar refractivity (Wildman–Crippen MR) is 120 cm³/mol. The molecule has 2 amide bonds. The summed E-state index contributed by atoms with van der Waals surface area (Å²) in [6.45, 7) is 0. The number of para-hydroxylation sites is 1. The molecule has 0 aliphatic carbocycles. The first-order chi connectivity index (χ1) is 15.1. The summed E-state index contributed by atoms with van der Waals surface area (Å²) in [5, 5.41) is 1.68. The third-order valence-electron chi connectivity index (χ3n) is 5.63. The van der Waals surface area contributed by atoms with E-state index in [0.717, 1.165) is 15.7 Å². The Bertz CT molecular complexity index is 1150. The molecule has 2 fully saturated rings. The number of fused-ring (bicyclic) bond motifs is 1. The molecule has 6 nitrogen and oxygen atoms in total. The number of methoxy groups -OCH3 is 1. The summed E-state index contributed by atoms with van der Waals surface area (Å²) < 4.78 is 6.18. The summed E-state index contributed by atoms with van der Waals surface area (Å²) in [6.07, 6.45) is -0.900. The van der Waals surface area contributed by atoms with Crippen molar-refractivity contribution in [3.8, 4) is 5.75 Å². The van der Waals surface area contributed by atoms with Gasteiger partial charge in [0.1, 0.15) is 11.7 Å². The SMILES string of the molecule is COc1cccc([C@H]2[C@H]3C(=O)N(c4cccc(Br)c4)C(=O)[C@@H]3ON2c2ccccc2)c1. The fourth-order valence-electron chi connectivity index (χ4n) is 4.25. The lowest BCUT2D eigenvalue weighted by Gasteiger charge is -2.29. The lowest BCUT2D eigenvalue weighted by Crippen LogP contribution is -2.37. The number of imide groups is 1. The summed E-state index contributed by atoms with van der Waals surface area (Å²) in [5.74, 6) is -0.646. The molecule has 156 valence electrons. The van der Waals surface area contributed by atoms with Gasteiger partial charge in [-0.1, -0.05) is 52.3 Å². The van der Waals surface area contributed by atoms with Crippen molar-refractivity contribution in [1.82, 2.24) is 0 Å². The number of hydroxylamine groups is 1. The van der Waals surface area contributed by atoms with Crippen LogP contribution < -0.4 is 14.7 Å². The van der Waals surface area contributed by atoms with E-state index in [9.17, 15) is 9.59 Å². The van der Waals surface area contributed by atoms with Crippen LogP contribution in [-0.2, 0) is 14.4 Å². The summed E-state index contributed by atoms with van der Waals surface area (Å²) in [7, 11) is 1.60. The van der Waals surface area contributed by atoms with Gasteiger partial charge in [-0.25, -0.2) is 9.96 Å². The topological polar surface area (TPSA) is 59.1 Å². The third kappa shape index (κ3) is 3.30. The zero-order valence-electron chi connectivity index (χ0n) is 16.6. The quantitative estimate of drug-likeness (QED) is 0.516. The number of benzene rings is 3. The van der Waals surface area contributed by atoms with Gasteiger partial charge in [0.2, 0.25) is 5.91 Å². The molecule has 0 bridgehead atoms. The van der Waals surface area contributed by atoms with Crippen LogP contribution in [0.4, 0.5) is 11.4 Å². The van der Waals surface area contributed by atoms with Crippen molar-refractivity contribution in [2.24, 2.45) is 5.92 Å². The lowest BCUT2D eigenvalue weighted by molar-refractivity contribution is -0.126. The van der Waals surface area contributed by atoms with Gasteiger partial charge in [0.05, 0.1) is 24.5 Å². The molecule has 0 unspecified atom stereocenters. The van der Waals surface area contributed by atoms with Crippen molar-refractivity contribution >= 4 is 39.1 Å². The number of rotatable bonds is 4. The van der Waals surface area contributed by atoms with E-state index < -0.39 is 18.1 Å². The second-order valence-electron chi connectivity index (χ2n) is 7.43. The molecule has 31 heavy (non-hydrogen) atoms. The molecule has 0 radical (unpaired) electrons. The van der Waals surface area contributed by atoms with Gasteiger partial charge < -0.3 is 4.74 Å². The van der Waals surface area contributed by atoms with Gasteiger partial charge in [-0.15, -0.1) is 0 Å². The molecule has 3 aromatic rings. The Morgan fingerprint density at radius 3 is 2.35 bits per heavy atom. The maximum Gasteiger partial charge on any atom is 0.266 e. The van der Waals surface area contributed by atoms with E-state index in [1.54, 1.807) is 30.4 Å². The van der Waals surface area contributed by atoms with Crippen LogP contribution in [0.2, 0.25) is 0 Å². The number of nitrogens with zero attached hydrogens (tertiary/aromatic N) is 2. The van der Waals surface area contributed by atoms with E-state index in [1.807, 2.05) is 60.7 Å². The molecule has 3 atom stereocenters. The number of anilines is 2. The smallest absolute Gasteiger partial charge is 0.266 e. The van der Waals surface area contributed by atoms with Crippen LogP contribution in [-0.4, -0.2) is 25.0 Å². The molecule has 0 saturated carbocycles. The second kappa shape index (κ2) is 7.83. The molecule has 2 heterocycles. The first-order valence-electron chi connectivity index (χ1n) is 9.87. The standard InChI is InChI=1S/C24H19BrN2O4/c1-30-19-12-5-7-15(13-19)21-20-22(31-27(21)17-9-3-2-4-10-17)24(29)26(23(20)28)18-11-6-8-16(25)14-18/h2-14,20-22H,1H3/t20-,21+,22-/m1/s1. The van der Waals surface area contributed by atoms with Gasteiger partial charge in [0, 0.05) is 4.47 Å². The van der Waals surface area contributed by atoms with Crippen LogP contribution in [0.15, 0.2) is 83.3 Å². The highest BCUT2D eigenvalue weighted by molar-refractivity contribution is 9.10. The maximum atomic E-state index is 13.6. The van der Waals surface area contributed by atoms with Gasteiger partial charge in [-0.3, -0.25) is 14.4 Å². The van der Waals surface area contributed by atoms with Gasteiger partial charge in [-0.05, 0) is 48.0 Å². The van der Waals surface area contributed by atoms with Crippen LogP contribution in [0.1, 0.15) is 11.6 Å². The molecule has 2 aliphatic rings. The summed E-state index contributed by atoms with van der Waals surface area (Å²) >= 11 is 3.41. The van der Waals surface area contributed by atoms with Gasteiger partial charge in [-0.2, -0.15) is 0 Å². The number of hydrogen-bond acceptors (Lipinski definition) is 5. The molecule has 2 saturated heterocycles. The predicted octanol–water partition coefficient (Wildman–Crippen LogP) is 4.51. The van der Waals surface area contributed by atoms with E-state index in [1.165, 1.54) is 4.90 Å². The number of halogens is 1. The van der Waals surface area contributed by atoms with E-state index in [-0.39, 0.29) is 11.8 Å². The van der Waals surface area contributed by atoms with Crippen LogP contribution >= 0.6 is 15.9 Å². The number of carbonyl (C=O) groups is 2. The number of amides is 2. The summed E-state index contributed by atoms with van der Waals surface area (Å²) in [5.41, 5.74) is 2.14. The lowest BCUT2D eigenvalue weighted by atomic mass is 9.90. The van der Waals surface area contributed by atoms with Crippen molar-refractivity contribution in [3.05, 3.63) is 88.9 Å². The van der Waals surface area contributed by atoms with Crippen molar-refractivity contribution in [2.45, 2.75) is 12.1 Å². The van der Waals surface area contributed by atoms with E-state index in [2.05, 4.69) is 15.9 Å². The molecule has 7 heteroatoms. The van der Waals surface area contributed by atoms with Crippen LogP contribution in [0.5, 0.6) is 5.75 Å². The summed E-state index contributed by atoms with van der Waals surface area (Å²) in [6, 6.07) is 23.7. The van der Waals surface area contributed by atoms with E-state index in [0.29, 0.717) is 11.4 Å². The largest absolute Gasteiger partial charge is 0.497 e.